The largest absolute Gasteiger partial charge is 0.309 e. The van der Waals surface area contributed by atoms with E-state index in [-0.39, 0.29) is 0 Å². The van der Waals surface area contributed by atoms with Gasteiger partial charge in [0.15, 0.2) is 0 Å². The average molecular weight is 713 g/mol. The number of aryl methyl sites for hydroxylation is 1. The van der Waals surface area contributed by atoms with Gasteiger partial charge in [0.1, 0.15) is 0 Å². The minimum absolute atomic E-state index is 1.21. The Morgan fingerprint density at radius 1 is 0.472 bits per heavy atom. The summed E-state index contributed by atoms with van der Waals surface area (Å²) in [7, 11) is 0. The van der Waals surface area contributed by atoms with Gasteiger partial charge < -0.3 is 9.13 Å². The Morgan fingerprint density at radius 3 is 1.60 bits per heavy atom. The molecule has 0 amide bonds. The normalized spacial score (nSPS) is 12.2. The van der Waals surface area contributed by atoms with Crippen LogP contribution in [0.1, 0.15) is 10.4 Å². The van der Waals surface area contributed by atoms with Crippen LogP contribution >= 0.6 is 22.7 Å². The Balaban J connectivity index is 1.13. The van der Waals surface area contributed by atoms with Crippen molar-refractivity contribution < 1.29 is 0 Å². The Bertz CT molecular complexity index is 3320. The van der Waals surface area contributed by atoms with E-state index in [0.29, 0.717) is 0 Å². The van der Waals surface area contributed by atoms with Gasteiger partial charge >= 0.3 is 0 Å². The van der Waals surface area contributed by atoms with Gasteiger partial charge in [0.2, 0.25) is 0 Å². The summed E-state index contributed by atoms with van der Waals surface area (Å²) in [5, 5.41) is 8.95. The molecule has 11 aromatic rings. The number of allylic oxidation sites excluding steroid dienone is 2. The van der Waals surface area contributed by atoms with Crippen molar-refractivity contribution >= 4 is 103 Å². The van der Waals surface area contributed by atoms with Gasteiger partial charge in [0, 0.05) is 56.7 Å². The molecule has 4 aromatic heterocycles. The molecule has 0 aliphatic carbocycles. The Kier molecular flexibility index (Phi) is 6.69. The van der Waals surface area contributed by atoms with Crippen LogP contribution in [0.2, 0.25) is 0 Å². The molecule has 0 aliphatic rings. The van der Waals surface area contributed by atoms with E-state index < -0.39 is 0 Å². The van der Waals surface area contributed by atoms with Gasteiger partial charge in [0.25, 0.3) is 0 Å². The van der Waals surface area contributed by atoms with Gasteiger partial charge in [-0.3, -0.25) is 0 Å². The van der Waals surface area contributed by atoms with E-state index in [2.05, 4.69) is 174 Å². The monoisotopic (exact) mass is 712 g/mol. The maximum absolute atomic E-state index is 3.93. The molecule has 53 heavy (non-hydrogen) atoms. The highest BCUT2D eigenvalue weighted by molar-refractivity contribution is 7.25. The lowest BCUT2D eigenvalue weighted by atomic mass is 10.0. The first-order valence-corrected chi connectivity index (χ1v) is 19.6. The van der Waals surface area contributed by atoms with Crippen molar-refractivity contribution in [2.75, 3.05) is 0 Å². The molecule has 0 radical (unpaired) electrons. The summed E-state index contributed by atoms with van der Waals surface area (Å²) >= 11 is 3.72. The molecular formula is C49H32N2S2. The maximum Gasteiger partial charge on any atom is 0.0555 e. The van der Waals surface area contributed by atoms with Crippen molar-refractivity contribution in [2.24, 2.45) is 0 Å². The molecule has 0 atom stereocenters. The number of fused-ring (bicyclic) bond motifs is 10. The summed E-state index contributed by atoms with van der Waals surface area (Å²) in [6.45, 7) is 6.15. The smallest absolute Gasteiger partial charge is 0.0555 e. The third-order valence-electron chi connectivity index (χ3n) is 10.9. The van der Waals surface area contributed by atoms with E-state index in [0.717, 1.165) is 0 Å². The van der Waals surface area contributed by atoms with Crippen LogP contribution in [0.25, 0.3) is 102 Å². The van der Waals surface area contributed by atoms with Gasteiger partial charge in [-0.05, 0) is 90.3 Å². The van der Waals surface area contributed by atoms with Crippen LogP contribution in [0, 0.1) is 6.92 Å². The van der Waals surface area contributed by atoms with E-state index in [1.807, 2.05) is 34.8 Å². The second-order valence-corrected chi connectivity index (χ2v) is 16.1. The third kappa shape index (κ3) is 4.43. The number of aromatic nitrogens is 2. The van der Waals surface area contributed by atoms with Crippen molar-refractivity contribution in [3.63, 3.8) is 0 Å². The molecule has 11 rings (SSSR count). The molecule has 0 fully saturated rings. The first kappa shape index (κ1) is 30.4. The topological polar surface area (TPSA) is 9.86 Å². The fraction of sp³-hybridized carbons (Fsp3) is 0.0204. The number of rotatable bonds is 5. The number of hydrogen-bond acceptors (Lipinski definition) is 2. The molecule has 4 heterocycles. The molecule has 0 bridgehead atoms. The summed E-state index contributed by atoms with van der Waals surface area (Å²) in [6, 6.07) is 53.9. The van der Waals surface area contributed by atoms with Crippen molar-refractivity contribution in [3.8, 4) is 22.5 Å². The number of para-hydroxylation sites is 2. The highest BCUT2D eigenvalue weighted by Crippen LogP contribution is 2.43. The number of benzene rings is 7. The molecule has 250 valence electrons. The molecule has 0 saturated heterocycles. The minimum Gasteiger partial charge on any atom is -0.309 e. The molecular weight excluding hydrogens is 681 g/mol. The molecule has 2 nitrogen and oxygen atoms in total. The first-order chi connectivity index (χ1) is 26.2. The molecule has 0 aliphatic heterocycles. The van der Waals surface area contributed by atoms with Gasteiger partial charge in [0.05, 0.1) is 33.4 Å². The van der Waals surface area contributed by atoms with Crippen molar-refractivity contribution in [1.82, 2.24) is 9.13 Å². The van der Waals surface area contributed by atoms with Gasteiger partial charge in [-0.1, -0.05) is 104 Å². The zero-order chi connectivity index (χ0) is 35.2. The number of thiophene rings is 2. The number of hydrogen-bond donors (Lipinski definition) is 0. The van der Waals surface area contributed by atoms with Crippen LogP contribution in [0.15, 0.2) is 164 Å². The van der Waals surface area contributed by atoms with Gasteiger partial charge in [-0.25, -0.2) is 0 Å². The van der Waals surface area contributed by atoms with Crippen molar-refractivity contribution in [3.05, 3.63) is 175 Å². The summed E-state index contributed by atoms with van der Waals surface area (Å²) in [5.41, 5.74) is 11.0. The van der Waals surface area contributed by atoms with Crippen LogP contribution < -0.4 is 0 Å². The summed E-state index contributed by atoms with van der Waals surface area (Å²) in [5.74, 6) is 0. The summed E-state index contributed by atoms with van der Waals surface area (Å²) in [4.78, 5) is 1.31. The average Bonchev–Trinajstić information content (AvgIpc) is 3.93. The van der Waals surface area contributed by atoms with Crippen molar-refractivity contribution in [1.29, 1.82) is 0 Å². The first-order valence-electron chi connectivity index (χ1n) is 18.0. The quantitative estimate of drug-likeness (QED) is 0.157. The Morgan fingerprint density at radius 2 is 0.981 bits per heavy atom. The lowest BCUT2D eigenvalue weighted by molar-refractivity contribution is 1.20. The third-order valence-corrected chi connectivity index (χ3v) is 13.1. The molecule has 4 heteroatoms. The predicted molar refractivity (Wildman–Crippen MR) is 233 cm³/mol. The van der Waals surface area contributed by atoms with Crippen molar-refractivity contribution in [2.45, 2.75) is 6.92 Å². The van der Waals surface area contributed by atoms with Crippen LogP contribution in [0.4, 0.5) is 0 Å². The highest BCUT2D eigenvalue weighted by atomic mass is 32.1. The van der Waals surface area contributed by atoms with Crippen LogP contribution in [-0.2, 0) is 0 Å². The lowest BCUT2D eigenvalue weighted by Crippen LogP contribution is -1.95. The molecule has 0 N–H and O–H groups in total. The predicted octanol–water partition coefficient (Wildman–Crippen LogP) is 14.6. The summed E-state index contributed by atoms with van der Waals surface area (Å²) in [6.07, 6.45) is 6.10. The Hall–Kier alpha value is -6.20. The van der Waals surface area contributed by atoms with Crippen LogP contribution in [-0.4, -0.2) is 9.13 Å². The maximum atomic E-state index is 3.93. The Labute approximate surface area is 314 Å². The second kappa shape index (κ2) is 11.7. The van der Waals surface area contributed by atoms with Gasteiger partial charge in [-0.15, -0.1) is 22.7 Å². The fourth-order valence-electron chi connectivity index (χ4n) is 8.59. The molecule has 0 unspecified atom stereocenters. The zero-order valence-corrected chi connectivity index (χ0v) is 30.6. The van der Waals surface area contributed by atoms with Gasteiger partial charge in [-0.2, -0.15) is 0 Å². The zero-order valence-electron chi connectivity index (χ0n) is 29.0. The second-order valence-electron chi connectivity index (χ2n) is 13.7. The minimum atomic E-state index is 1.21. The SMILES string of the molecule is C=C/C=C\c1c(C)sc2cccc(-n3c4ccccc4c4cc(-c5ccc6c(c5)c5ccccc5n6-c5cccc6sc7ccccc7c56)ccc43)c12. The number of nitrogens with zero attached hydrogens (tertiary/aromatic N) is 2. The molecule has 7 aromatic carbocycles. The van der Waals surface area contributed by atoms with Crippen LogP contribution in [0.5, 0.6) is 0 Å². The van der Waals surface area contributed by atoms with E-state index >= 15 is 0 Å². The highest BCUT2D eigenvalue weighted by Gasteiger charge is 2.20. The standard InChI is InChI=1S/C49H32N2S2/c1-3-4-13-33-30(2)52-46-22-11-19-43(48(33)46)50-39-17-8-5-14-34(39)37-28-31(24-26-41(37)50)32-25-27-42-38(29-32)35-15-6-9-18-40(35)51(42)44-20-12-23-47-49(44)36-16-7-10-21-45(36)53-47/h3-29H,1H2,2H3/b13-4-. The van der Waals surface area contributed by atoms with E-state index in [9.17, 15) is 0 Å². The lowest BCUT2D eigenvalue weighted by Gasteiger charge is -2.12. The van der Waals surface area contributed by atoms with E-state index in [1.54, 1.807) is 0 Å². The molecule has 0 spiro atoms. The fourth-order valence-corrected chi connectivity index (χ4v) is 10.8. The summed E-state index contributed by atoms with van der Waals surface area (Å²) < 4.78 is 8.86. The molecule has 0 saturated carbocycles. The van der Waals surface area contributed by atoms with Crippen LogP contribution in [0.3, 0.4) is 0 Å². The van der Waals surface area contributed by atoms with E-state index in [4.69, 9.17) is 0 Å². The van der Waals surface area contributed by atoms with E-state index in [1.165, 1.54) is 107 Å².